The number of ketones is 1. The molecular weight excluding hydrogens is 276 g/mol. The highest BCUT2D eigenvalue weighted by atomic mass is 32.2. The third-order valence-corrected chi connectivity index (χ3v) is 4.90. The van der Waals surface area contributed by atoms with Crippen LogP contribution < -0.4 is 4.74 Å². The molecule has 1 aromatic rings. The predicted octanol–water partition coefficient (Wildman–Crippen LogP) is 2.63. The maximum atomic E-state index is 12.3. The molecule has 1 aromatic carbocycles. The van der Waals surface area contributed by atoms with Gasteiger partial charge >= 0.3 is 5.97 Å². The summed E-state index contributed by atoms with van der Waals surface area (Å²) in [7, 11) is 0. The number of rotatable bonds is 2. The van der Waals surface area contributed by atoms with Gasteiger partial charge in [0, 0.05) is 17.9 Å². The number of Topliss-reactive ketones (excluding diaryl/α,β-unsaturated/α-hetero) is 1. The summed E-state index contributed by atoms with van der Waals surface area (Å²) in [6, 6.07) is 3.17. The summed E-state index contributed by atoms with van der Waals surface area (Å²) in [6.07, 6.45) is 0.407. The van der Waals surface area contributed by atoms with Crippen molar-refractivity contribution in [3.05, 3.63) is 23.3 Å². The average molecular weight is 294 g/mol. The number of phenolic OH excluding ortho intramolecular Hbond substituents is 1. The largest absolute Gasteiger partial charge is 0.508 e. The van der Waals surface area contributed by atoms with Gasteiger partial charge in [0.15, 0.2) is 5.78 Å². The minimum absolute atomic E-state index is 0.0607. The predicted molar refractivity (Wildman–Crippen MR) is 78.3 cm³/mol. The molecule has 1 aliphatic rings. The Kier molecular flexibility index (Phi) is 4.09. The fourth-order valence-electron chi connectivity index (χ4n) is 2.07. The van der Waals surface area contributed by atoms with Crippen LogP contribution in [0, 0.1) is 19.3 Å². The van der Waals surface area contributed by atoms with Gasteiger partial charge in [-0.05, 0) is 44.0 Å². The fourth-order valence-corrected chi connectivity index (χ4v) is 3.23. The van der Waals surface area contributed by atoms with Crippen LogP contribution in [0.5, 0.6) is 11.5 Å². The lowest BCUT2D eigenvalue weighted by Crippen LogP contribution is -2.44. The van der Waals surface area contributed by atoms with Crippen molar-refractivity contribution < 1.29 is 19.4 Å². The molecular formula is C15H18O4S. The molecule has 1 unspecified atom stereocenters. The number of hydrogen-bond donors (Lipinski definition) is 1. The molecule has 0 spiro atoms. The number of aryl methyl sites for hydroxylation is 2. The molecule has 0 radical (unpaired) electrons. The van der Waals surface area contributed by atoms with Gasteiger partial charge in [-0.2, -0.15) is 11.8 Å². The zero-order valence-corrected chi connectivity index (χ0v) is 12.7. The molecule has 20 heavy (non-hydrogen) atoms. The SMILES string of the molecule is Cc1cc(OC(=O)C2(C)CSCCC2=O)c(C)cc1O. The first kappa shape index (κ1) is 14.9. The highest BCUT2D eigenvalue weighted by molar-refractivity contribution is 7.99. The molecule has 1 fully saturated rings. The number of thioether (sulfide) groups is 1. The first-order chi connectivity index (χ1) is 9.34. The second-order valence-corrected chi connectivity index (χ2v) is 6.46. The topological polar surface area (TPSA) is 63.6 Å². The Morgan fingerprint density at radius 3 is 2.70 bits per heavy atom. The van der Waals surface area contributed by atoms with E-state index in [0.29, 0.717) is 29.1 Å². The summed E-state index contributed by atoms with van der Waals surface area (Å²) < 4.78 is 5.41. The van der Waals surface area contributed by atoms with E-state index in [1.165, 1.54) is 0 Å². The van der Waals surface area contributed by atoms with Gasteiger partial charge in [-0.25, -0.2) is 0 Å². The zero-order valence-electron chi connectivity index (χ0n) is 11.9. The number of aromatic hydroxyl groups is 1. The molecule has 0 bridgehead atoms. The molecule has 5 heteroatoms. The average Bonchev–Trinajstić information content (AvgIpc) is 2.39. The van der Waals surface area contributed by atoms with Crippen LogP contribution in [0.4, 0.5) is 0 Å². The molecule has 1 heterocycles. The zero-order chi connectivity index (χ0) is 14.9. The summed E-state index contributed by atoms with van der Waals surface area (Å²) in [6.45, 7) is 5.13. The van der Waals surface area contributed by atoms with Gasteiger partial charge in [0.25, 0.3) is 0 Å². The fraction of sp³-hybridized carbons (Fsp3) is 0.467. The lowest BCUT2D eigenvalue weighted by molar-refractivity contribution is -0.150. The molecule has 4 nitrogen and oxygen atoms in total. The number of esters is 1. The van der Waals surface area contributed by atoms with E-state index in [0.717, 1.165) is 5.75 Å². The van der Waals surface area contributed by atoms with Crippen LogP contribution >= 0.6 is 11.8 Å². The molecule has 0 aromatic heterocycles. The van der Waals surface area contributed by atoms with Crippen molar-refractivity contribution >= 4 is 23.5 Å². The van der Waals surface area contributed by atoms with Gasteiger partial charge in [-0.15, -0.1) is 0 Å². The summed E-state index contributed by atoms with van der Waals surface area (Å²) in [5.74, 6) is 1.21. The number of ether oxygens (including phenoxy) is 1. The first-order valence-corrected chi connectivity index (χ1v) is 7.63. The quantitative estimate of drug-likeness (QED) is 0.516. The third-order valence-electron chi connectivity index (χ3n) is 3.63. The molecule has 1 atom stereocenters. The maximum absolute atomic E-state index is 12.3. The van der Waals surface area contributed by atoms with Crippen molar-refractivity contribution in [1.82, 2.24) is 0 Å². The lowest BCUT2D eigenvalue weighted by Gasteiger charge is -2.29. The number of benzene rings is 1. The van der Waals surface area contributed by atoms with E-state index in [9.17, 15) is 14.7 Å². The maximum Gasteiger partial charge on any atom is 0.325 e. The van der Waals surface area contributed by atoms with E-state index in [1.54, 1.807) is 44.7 Å². The Hall–Kier alpha value is -1.49. The van der Waals surface area contributed by atoms with E-state index in [2.05, 4.69) is 0 Å². The van der Waals surface area contributed by atoms with E-state index in [4.69, 9.17) is 4.74 Å². The van der Waals surface area contributed by atoms with Crippen LogP contribution in [0.15, 0.2) is 12.1 Å². The van der Waals surface area contributed by atoms with Crippen molar-refractivity contribution in [2.24, 2.45) is 5.41 Å². The summed E-state index contributed by atoms with van der Waals surface area (Å²) in [4.78, 5) is 24.3. The summed E-state index contributed by atoms with van der Waals surface area (Å²) in [5, 5.41) is 9.60. The lowest BCUT2D eigenvalue weighted by atomic mass is 9.86. The van der Waals surface area contributed by atoms with Gasteiger partial charge in [0.1, 0.15) is 16.9 Å². The summed E-state index contributed by atoms with van der Waals surface area (Å²) in [5.41, 5.74) is 0.232. The van der Waals surface area contributed by atoms with Crippen molar-refractivity contribution in [2.75, 3.05) is 11.5 Å². The van der Waals surface area contributed by atoms with Crippen molar-refractivity contribution in [1.29, 1.82) is 0 Å². The Bertz CT molecular complexity index is 567. The van der Waals surface area contributed by atoms with Crippen molar-refractivity contribution in [2.45, 2.75) is 27.2 Å². The first-order valence-electron chi connectivity index (χ1n) is 6.48. The standard InChI is InChI=1S/C15H18O4S/c1-9-7-12(10(2)6-11(9)16)19-14(18)15(3)8-20-5-4-13(15)17/h6-7,16H,4-5,8H2,1-3H3. The van der Waals surface area contributed by atoms with Gasteiger partial charge in [0.2, 0.25) is 0 Å². The Labute approximate surface area is 122 Å². The molecule has 0 amide bonds. The van der Waals surface area contributed by atoms with E-state index in [1.807, 2.05) is 0 Å². The van der Waals surface area contributed by atoms with Gasteiger partial charge in [-0.1, -0.05) is 0 Å². The van der Waals surface area contributed by atoms with E-state index >= 15 is 0 Å². The molecule has 108 valence electrons. The normalized spacial score (nSPS) is 22.6. The van der Waals surface area contributed by atoms with Crippen molar-refractivity contribution in [3.8, 4) is 11.5 Å². The number of hydrogen-bond acceptors (Lipinski definition) is 5. The van der Waals surface area contributed by atoms with E-state index < -0.39 is 11.4 Å². The number of carbonyl (C=O) groups excluding carboxylic acids is 2. The van der Waals surface area contributed by atoms with Crippen molar-refractivity contribution in [3.63, 3.8) is 0 Å². The van der Waals surface area contributed by atoms with Crippen LogP contribution in [0.2, 0.25) is 0 Å². The minimum Gasteiger partial charge on any atom is -0.508 e. The smallest absolute Gasteiger partial charge is 0.325 e. The number of phenols is 1. The molecule has 1 saturated heterocycles. The molecule has 1 N–H and O–H groups in total. The Balaban J connectivity index is 2.23. The number of carbonyl (C=O) groups is 2. The second kappa shape index (κ2) is 5.48. The van der Waals surface area contributed by atoms with Gasteiger partial charge < -0.3 is 9.84 Å². The van der Waals surface area contributed by atoms with Crippen LogP contribution in [-0.2, 0) is 9.59 Å². The Morgan fingerprint density at radius 2 is 2.05 bits per heavy atom. The molecule has 0 aliphatic carbocycles. The summed E-state index contributed by atoms with van der Waals surface area (Å²) >= 11 is 1.59. The highest BCUT2D eigenvalue weighted by Crippen LogP contribution is 2.34. The van der Waals surface area contributed by atoms with Crippen LogP contribution in [0.25, 0.3) is 0 Å². The van der Waals surface area contributed by atoms with Crippen LogP contribution in [0.1, 0.15) is 24.5 Å². The highest BCUT2D eigenvalue weighted by Gasteiger charge is 2.44. The minimum atomic E-state index is -1.07. The molecule has 2 rings (SSSR count). The van der Waals surface area contributed by atoms with E-state index in [-0.39, 0.29) is 11.5 Å². The van der Waals surface area contributed by atoms with Crippen LogP contribution in [0.3, 0.4) is 0 Å². The second-order valence-electron chi connectivity index (χ2n) is 5.35. The van der Waals surface area contributed by atoms with Crippen LogP contribution in [-0.4, -0.2) is 28.4 Å². The molecule has 1 aliphatic heterocycles. The Morgan fingerprint density at radius 1 is 1.35 bits per heavy atom. The monoisotopic (exact) mass is 294 g/mol. The van der Waals surface area contributed by atoms with Gasteiger partial charge in [0.05, 0.1) is 0 Å². The van der Waals surface area contributed by atoms with Gasteiger partial charge in [-0.3, -0.25) is 9.59 Å². The third kappa shape index (κ3) is 2.68. The molecule has 0 saturated carbocycles.